The number of imidazole rings is 1. The Hall–Kier alpha value is -1.84. The molecule has 0 unspecified atom stereocenters. The van der Waals surface area contributed by atoms with Gasteiger partial charge in [0.15, 0.2) is 17.4 Å². The summed E-state index contributed by atoms with van der Waals surface area (Å²) in [7, 11) is -2.79. The highest BCUT2D eigenvalue weighted by atomic mass is 31.2. The maximum absolute atomic E-state index is 11.8. The number of anilines is 1. The van der Waals surface area contributed by atoms with Gasteiger partial charge >= 0.3 is 15.5 Å². The van der Waals surface area contributed by atoms with Crippen molar-refractivity contribution < 1.29 is 32.9 Å². The number of nitrogens with zero attached hydrogens (tertiary/aromatic N) is 4. The van der Waals surface area contributed by atoms with Gasteiger partial charge in [-0.2, -0.15) is 4.98 Å². The first-order valence-electron chi connectivity index (χ1n) is 10.1. The van der Waals surface area contributed by atoms with Gasteiger partial charge in [-0.05, 0) is 19.6 Å². The third-order valence-corrected chi connectivity index (χ3v) is 6.30. The first-order chi connectivity index (χ1) is 15.2. The Morgan fingerprint density at radius 2 is 1.94 bits per heavy atom. The fourth-order valence-electron chi connectivity index (χ4n) is 3.24. The second-order valence-electron chi connectivity index (χ2n) is 6.99. The Morgan fingerprint density at radius 1 is 1.28 bits per heavy atom. The van der Waals surface area contributed by atoms with E-state index in [9.17, 15) is 19.6 Å². The lowest BCUT2D eigenvalue weighted by Gasteiger charge is -2.25. The summed E-state index contributed by atoms with van der Waals surface area (Å²) in [5.74, 6) is -0.138. The summed E-state index contributed by atoms with van der Waals surface area (Å²) >= 11 is 0. The van der Waals surface area contributed by atoms with Crippen molar-refractivity contribution in [2.24, 2.45) is 0 Å². The van der Waals surface area contributed by atoms with Gasteiger partial charge in [0.05, 0.1) is 12.9 Å². The zero-order valence-electron chi connectivity index (χ0n) is 17.9. The van der Waals surface area contributed by atoms with Crippen molar-refractivity contribution in [2.45, 2.75) is 45.3 Å². The fourth-order valence-corrected chi connectivity index (χ4v) is 3.91. The van der Waals surface area contributed by atoms with E-state index in [4.69, 9.17) is 15.0 Å². The van der Waals surface area contributed by atoms with E-state index in [1.807, 2.05) is 0 Å². The molecule has 0 amide bonds. The number of phosphoric acid groups is 1. The van der Waals surface area contributed by atoms with Crippen LogP contribution in [0.4, 0.5) is 5.95 Å². The Labute approximate surface area is 184 Å². The van der Waals surface area contributed by atoms with E-state index in [0.717, 1.165) is 7.69 Å². The van der Waals surface area contributed by atoms with Crippen LogP contribution in [-0.2, 0) is 22.7 Å². The van der Waals surface area contributed by atoms with Crippen molar-refractivity contribution in [1.82, 2.24) is 24.4 Å². The normalized spacial score (nSPS) is 26.4. The van der Waals surface area contributed by atoms with Crippen molar-refractivity contribution in [2.75, 3.05) is 32.0 Å². The zero-order valence-corrected chi connectivity index (χ0v) is 18.8. The molecule has 2 aromatic heterocycles. The van der Waals surface area contributed by atoms with Crippen molar-refractivity contribution in [3.63, 3.8) is 0 Å². The number of fused-ring (bicyclic) bond motifs is 1. The quantitative estimate of drug-likeness (QED) is 0.295. The number of aromatic amines is 1. The average molecular weight is 473 g/mol. The van der Waals surface area contributed by atoms with E-state index in [0.29, 0.717) is 0 Å². The molecule has 1 radical (unpaired) electrons. The van der Waals surface area contributed by atoms with Crippen LogP contribution in [0.15, 0.2) is 11.1 Å². The molecule has 0 spiro atoms. The maximum atomic E-state index is 11.8. The molecule has 0 saturated carbocycles. The van der Waals surface area contributed by atoms with Crippen LogP contribution in [0, 0.1) is 0 Å². The van der Waals surface area contributed by atoms with Gasteiger partial charge in [0.2, 0.25) is 5.95 Å². The number of aliphatic hydroxyl groups is 2. The summed E-state index contributed by atoms with van der Waals surface area (Å²) in [6.07, 6.45) is -3.66. The Morgan fingerprint density at radius 3 is 2.47 bits per heavy atom. The zero-order chi connectivity index (χ0) is 23.5. The summed E-state index contributed by atoms with van der Waals surface area (Å²) in [4.78, 5) is 24.3. The molecular weight excluding hydrogens is 446 g/mol. The molecule has 2 aliphatic heterocycles. The van der Waals surface area contributed by atoms with Gasteiger partial charge in [0.1, 0.15) is 18.3 Å². The molecule has 2 aromatic rings. The third-order valence-electron chi connectivity index (χ3n) is 5.14. The molecule has 14 nitrogen and oxygen atoms in total. The van der Waals surface area contributed by atoms with Gasteiger partial charge < -0.3 is 34.5 Å². The number of aliphatic hydroxyl groups excluding tert-OH is 2. The number of nitrogens with one attached hydrogen (secondary N) is 1. The predicted molar refractivity (Wildman–Crippen MR) is 113 cm³/mol. The van der Waals surface area contributed by atoms with Crippen LogP contribution in [0.5, 0.6) is 0 Å². The molecule has 0 aromatic carbocycles. The Kier molecular flexibility index (Phi) is 8.06. The standard InChI is InChI=1S/C10H12BN5O8P.C6H15N/c12-10-14-7-4(8(19)15-10)13-2-16(7)9-6(18)5(17)3(22-9)1-21-25(20)23-11-24-25;1-4-7(5-2)6-3/h2-3,5-6,9,17-18H,1H2,(H3,12,14,15,19);4-6H2,1-3H3/t3-,5-,6-,9-;/m1./s1. The molecular formula is C16H27BN6O8P. The first kappa shape index (κ1) is 24.8. The van der Waals surface area contributed by atoms with Gasteiger partial charge in [-0.1, -0.05) is 20.8 Å². The van der Waals surface area contributed by atoms with E-state index in [2.05, 4.69) is 49.5 Å². The number of H-pyrrole nitrogens is 1. The Bertz CT molecular complexity index is 1000. The summed E-state index contributed by atoms with van der Waals surface area (Å²) < 4.78 is 32.4. The highest BCUT2D eigenvalue weighted by Gasteiger charge is 2.47. The molecule has 5 N–H and O–H groups in total. The van der Waals surface area contributed by atoms with Crippen LogP contribution >= 0.6 is 7.82 Å². The van der Waals surface area contributed by atoms with Crippen molar-refractivity contribution in [3.05, 3.63) is 16.7 Å². The van der Waals surface area contributed by atoms with Crippen LogP contribution in [0.25, 0.3) is 11.2 Å². The minimum Gasteiger partial charge on any atom is -0.387 e. The minimum atomic E-state index is -3.65. The van der Waals surface area contributed by atoms with E-state index in [1.165, 1.54) is 30.5 Å². The molecule has 2 saturated heterocycles. The molecule has 32 heavy (non-hydrogen) atoms. The topological polar surface area (TPSA) is 187 Å². The molecule has 16 heteroatoms. The molecule has 2 fully saturated rings. The second-order valence-corrected chi connectivity index (χ2v) is 8.57. The summed E-state index contributed by atoms with van der Waals surface area (Å²) in [5, 5.41) is 20.4. The van der Waals surface area contributed by atoms with Gasteiger partial charge in [-0.25, -0.2) is 9.55 Å². The first-order valence-corrected chi connectivity index (χ1v) is 11.6. The monoisotopic (exact) mass is 473 g/mol. The maximum Gasteiger partial charge on any atom is 0.505 e. The van der Waals surface area contributed by atoms with Crippen molar-refractivity contribution in [3.8, 4) is 0 Å². The van der Waals surface area contributed by atoms with Gasteiger partial charge in [0.25, 0.3) is 5.56 Å². The Balaban J connectivity index is 0.000000360. The summed E-state index contributed by atoms with van der Waals surface area (Å²) in [6, 6.07) is 0. The number of hydrogen-bond acceptors (Lipinski definition) is 12. The fraction of sp³-hybridized carbons (Fsp3) is 0.688. The molecule has 0 bridgehead atoms. The van der Waals surface area contributed by atoms with Crippen LogP contribution in [0.2, 0.25) is 0 Å². The van der Waals surface area contributed by atoms with Crippen molar-refractivity contribution >= 4 is 32.6 Å². The molecule has 2 aliphatic rings. The molecule has 177 valence electrons. The van der Waals surface area contributed by atoms with E-state index in [-0.39, 0.29) is 23.7 Å². The van der Waals surface area contributed by atoms with Gasteiger partial charge in [-0.15, -0.1) is 0 Å². The van der Waals surface area contributed by atoms with Crippen molar-refractivity contribution in [1.29, 1.82) is 0 Å². The molecule has 0 aliphatic carbocycles. The number of hydrogen-bond donors (Lipinski definition) is 4. The number of nitrogens with two attached hydrogens (primary N) is 1. The van der Waals surface area contributed by atoms with E-state index >= 15 is 0 Å². The van der Waals surface area contributed by atoms with Gasteiger partial charge in [-0.3, -0.25) is 18.9 Å². The third kappa shape index (κ3) is 5.21. The minimum absolute atomic E-state index is 0.00423. The number of ether oxygens (including phenoxy) is 1. The molecule has 4 rings (SSSR count). The van der Waals surface area contributed by atoms with Crippen LogP contribution < -0.4 is 11.3 Å². The van der Waals surface area contributed by atoms with Crippen LogP contribution in [0.3, 0.4) is 0 Å². The lowest BCUT2D eigenvalue weighted by molar-refractivity contribution is -0.0512. The molecule has 4 heterocycles. The number of rotatable bonds is 7. The van der Waals surface area contributed by atoms with Crippen LogP contribution in [0.1, 0.15) is 27.0 Å². The van der Waals surface area contributed by atoms with Crippen LogP contribution in [-0.4, -0.2) is 86.9 Å². The van der Waals surface area contributed by atoms with Gasteiger partial charge in [0, 0.05) is 0 Å². The summed E-state index contributed by atoms with van der Waals surface area (Å²) in [5.41, 5.74) is 5.03. The second kappa shape index (κ2) is 10.4. The van der Waals surface area contributed by atoms with E-state index in [1.54, 1.807) is 0 Å². The highest BCUT2D eigenvalue weighted by molar-refractivity contribution is 7.53. The molecule has 4 atom stereocenters. The smallest absolute Gasteiger partial charge is 0.387 e. The number of aromatic nitrogens is 4. The lowest BCUT2D eigenvalue weighted by Crippen LogP contribution is -2.34. The number of nitrogen functional groups attached to an aromatic ring is 1. The summed E-state index contributed by atoms with van der Waals surface area (Å²) in [6.45, 7) is 9.77. The predicted octanol–water partition coefficient (Wildman–Crippen LogP) is -0.625. The average Bonchev–Trinajstić information content (AvgIpc) is 3.28. The lowest BCUT2D eigenvalue weighted by atomic mass is 10.1. The largest absolute Gasteiger partial charge is 0.505 e. The van der Waals surface area contributed by atoms with E-state index < -0.39 is 37.9 Å². The highest BCUT2D eigenvalue weighted by Crippen LogP contribution is 2.55. The SMILES string of the molecule is CCN(CC)CC.Nc1nc2c(ncn2[C@@H]2O[C@H](COP3(=O)O[B]O3)[C@@H](O)[C@H]2O)c(=O)[nH]1.